The molecule has 102 valence electrons. The molecule has 2 rings (SSSR count). The fraction of sp³-hybridized carbons (Fsp3) is 0.385. The second-order valence-corrected chi connectivity index (χ2v) is 4.52. The maximum atomic E-state index is 13.0. The van der Waals surface area contributed by atoms with E-state index < -0.39 is 0 Å². The van der Waals surface area contributed by atoms with Crippen LogP contribution >= 0.6 is 0 Å². The van der Waals surface area contributed by atoms with E-state index in [1.54, 1.807) is 13.1 Å². The standard InChI is InChI=1S/C13H17FN4O/c1-8(6-15-2)13(19)16-7-12-17-10-4-3-9(14)5-11(10)18-12/h3-5,8,15H,6-7H2,1-2H3,(H,16,19)(H,17,18). The Labute approximate surface area is 110 Å². The average molecular weight is 264 g/mol. The second-order valence-electron chi connectivity index (χ2n) is 4.52. The van der Waals surface area contributed by atoms with E-state index in [1.165, 1.54) is 12.1 Å². The number of H-pyrrole nitrogens is 1. The number of aromatic nitrogens is 2. The van der Waals surface area contributed by atoms with Crippen LogP contribution in [0.15, 0.2) is 18.2 Å². The number of imidazole rings is 1. The average Bonchev–Trinajstić information content (AvgIpc) is 2.78. The molecule has 0 fully saturated rings. The molecule has 6 heteroatoms. The van der Waals surface area contributed by atoms with Crippen LogP contribution in [0.3, 0.4) is 0 Å². The van der Waals surface area contributed by atoms with Gasteiger partial charge in [-0.15, -0.1) is 0 Å². The molecule has 0 aliphatic rings. The minimum absolute atomic E-state index is 0.0408. The molecule has 5 nitrogen and oxygen atoms in total. The first-order chi connectivity index (χ1) is 9.10. The first-order valence-electron chi connectivity index (χ1n) is 6.16. The Hall–Kier alpha value is -1.95. The third-order valence-corrected chi connectivity index (χ3v) is 2.88. The summed E-state index contributed by atoms with van der Waals surface area (Å²) in [5.74, 6) is 0.160. The van der Waals surface area contributed by atoms with Gasteiger partial charge in [-0.3, -0.25) is 4.79 Å². The number of carbonyl (C=O) groups excluding carboxylic acids is 1. The molecule has 2 aromatic rings. The van der Waals surface area contributed by atoms with Crippen molar-refractivity contribution in [1.29, 1.82) is 0 Å². The van der Waals surface area contributed by atoms with Gasteiger partial charge >= 0.3 is 0 Å². The summed E-state index contributed by atoms with van der Waals surface area (Å²) >= 11 is 0. The highest BCUT2D eigenvalue weighted by Gasteiger charge is 2.12. The molecule has 3 N–H and O–H groups in total. The number of hydrogen-bond donors (Lipinski definition) is 3. The van der Waals surface area contributed by atoms with Gasteiger partial charge in [0.25, 0.3) is 0 Å². The summed E-state index contributed by atoms with van der Waals surface area (Å²) in [4.78, 5) is 19.0. The zero-order valence-corrected chi connectivity index (χ0v) is 11.0. The number of rotatable bonds is 5. The van der Waals surface area contributed by atoms with Gasteiger partial charge in [-0.2, -0.15) is 0 Å². The summed E-state index contributed by atoms with van der Waals surface area (Å²) in [6.07, 6.45) is 0. The molecule has 0 aliphatic heterocycles. The maximum Gasteiger partial charge on any atom is 0.224 e. The molecular weight excluding hydrogens is 247 g/mol. The zero-order valence-electron chi connectivity index (χ0n) is 11.0. The lowest BCUT2D eigenvalue weighted by Gasteiger charge is -2.10. The smallest absolute Gasteiger partial charge is 0.224 e. The largest absolute Gasteiger partial charge is 0.349 e. The van der Waals surface area contributed by atoms with E-state index in [0.29, 0.717) is 29.9 Å². The molecular formula is C13H17FN4O. The lowest BCUT2D eigenvalue weighted by Crippen LogP contribution is -2.34. The van der Waals surface area contributed by atoms with Crippen molar-refractivity contribution in [3.05, 3.63) is 29.8 Å². The molecule has 0 saturated heterocycles. The predicted molar refractivity (Wildman–Crippen MR) is 71.0 cm³/mol. The number of nitrogens with zero attached hydrogens (tertiary/aromatic N) is 1. The van der Waals surface area contributed by atoms with Crippen molar-refractivity contribution in [2.75, 3.05) is 13.6 Å². The van der Waals surface area contributed by atoms with Crippen molar-refractivity contribution in [2.24, 2.45) is 5.92 Å². The number of nitrogens with one attached hydrogen (secondary N) is 3. The summed E-state index contributed by atoms with van der Waals surface area (Å²) in [5, 5.41) is 5.74. The highest BCUT2D eigenvalue weighted by atomic mass is 19.1. The monoisotopic (exact) mass is 264 g/mol. The number of hydrogen-bond acceptors (Lipinski definition) is 3. The number of carbonyl (C=O) groups is 1. The van der Waals surface area contributed by atoms with Crippen molar-refractivity contribution in [3.63, 3.8) is 0 Å². The van der Waals surface area contributed by atoms with E-state index >= 15 is 0 Å². The van der Waals surface area contributed by atoms with Crippen LogP contribution < -0.4 is 10.6 Å². The molecule has 1 aromatic carbocycles. The molecule has 1 unspecified atom stereocenters. The molecule has 1 heterocycles. The summed E-state index contributed by atoms with van der Waals surface area (Å²) < 4.78 is 13.0. The minimum atomic E-state index is -0.311. The van der Waals surface area contributed by atoms with E-state index in [2.05, 4.69) is 20.6 Å². The van der Waals surface area contributed by atoms with E-state index in [0.717, 1.165) is 0 Å². The van der Waals surface area contributed by atoms with E-state index in [9.17, 15) is 9.18 Å². The highest BCUT2D eigenvalue weighted by Crippen LogP contribution is 2.12. The van der Waals surface area contributed by atoms with E-state index in [4.69, 9.17) is 0 Å². The van der Waals surface area contributed by atoms with Gasteiger partial charge in [-0.05, 0) is 25.2 Å². The van der Waals surface area contributed by atoms with Crippen LogP contribution in [0, 0.1) is 11.7 Å². The molecule has 1 atom stereocenters. The van der Waals surface area contributed by atoms with Gasteiger partial charge in [0.1, 0.15) is 11.6 Å². The van der Waals surface area contributed by atoms with Crippen molar-refractivity contribution >= 4 is 16.9 Å². The number of benzene rings is 1. The molecule has 0 aliphatic carbocycles. The molecule has 0 bridgehead atoms. The first kappa shape index (κ1) is 13.5. The Morgan fingerprint density at radius 2 is 2.32 bits per heavy atom. The Morgan fingerprint density at radius 1 is 1.53 bits per heavy atom. The molecule has 1 amide bonds. The summed E-state index contributed by atoms with van der Waals surface area (Å²) in [5.41, 5.74) is 1.32. The summed E-state index contributed by atoms with van der Waals surface area (Å²) in [6.45, 7) is 2.78. The van der Waals surface area contributed by atoms with Gasteiger partial charge in [0.05, 0.1) is 17.6 Å². The third kappa shape index (κ3) is 3.29. The molecule has 0 spiro atoms. The van der Waals surface area contributed by atoms with Crippen molar-refractivity contribution in [2.45, 2.75) is 13.5 Å². The third-order valence-electron chi connectivity index (χ3n) is 2.88. The van der Waals surface area contributed by atoms with Crippen LogP contribution in [0.5, 0.6) is 0 Å². The van der Waals surface area contributed by atoms with Crippen LogP contribution in [0.25, 0.3) is 11.0 Å². The van der Waals surface area contributed by atoms with Gasteiger partial charge in [-0.25, -0.2) is 9.37 Å². The minimum Gasteiger partial charge on any atom is -0.349 e. The quantitative estimate of drug-likeness (QED) is 0.759. The van der Waals surface area contributed by atoms with Crippen molar-refractivity contribution in [3.8, 4) is 0 Å². The molecule has 0 radical (unpaired) electrons. The topological polar surface area (TPSA) is 69.8 Å². The lowest BCUT2D eigenvalue weighted by molar-refractivity contribution is -0.124. The Bertz CT molecular complexity index is 581. The Balaban J connectivity index is 2.00. The Morgan fingerprint density at radius 3 is 3.05 bits per heavy atom. The summed E-state index contributed by atoms with van der Waals surface area (Å²) in [6, 6.07) is 4.36. The van der Waals surface area contributed by atoms with Crippen LogP contribution in [0.2, 0.25) is 0 Å². The number of amides is 1. The van der Waals surface area contributed by atoms with Crippen LogP contribution in [0.1, 0.15) is 12.7 Å². The van der Waals surface area contributed by atoms with Crippen LogP contribution in [-0.2, 0) is 11.3 Å². The highest BCUT2D eigenvalue weighted by molar-refractivity contribution is 5.79. The molecule has 0 saturated carbocycles. The summed E-state index contributed by atoms with van der Waals surface area (Å²) in [7, 11) is 1.80. The SMILES string of the molecule is CNCC(C)C(=O)NCc1nc2ccc(F)cc2[nH]1. The van der Waals surface area contributed by atoms with Gasteiger partial charge in [-0.1, -0.05) is 6.92 Å². The number of aromatic amines is 1. The lowest BCUT2D eigenvalue weighted by atomic mass is 10.1. The van der Waals surface area contributed by atoms with E-state index in [-0.39, 0.29) is 17.6 Å². The van der Waals surface area contributed by atoms with Gasteiger partial charge in [0.15, 0.2) is 0 Å². The van der Waals surface area contributed by atoms with Crippen molar-refractivity contribution < 1.29 is 9.18 Å². The van der Waals surface area contributed by atoms with Gasteiger partial charge in [0.2, 0.25) is 5.91 Å². The fourth-order valence-electron chi connectivity index (χ4n) is 1.86. The fourth-order valence-corrected chi connectivity index (χ4v) is 1.86. The first-order valence-corrected chi connectivity index (χ1v) is 6.16. The van der Waals surface area contributed by atoms with Crippen LogP contribution in [0.4, 0.5) is 4.39 Å². The number of halogens is 1. The van der Waals surface area contributed by atoms with Gasteiger partial charge < -0.3 is 15.6 Å². The normalized spacial score (nSPS) is 12.6. The van der Waals surface area contributed by atoms with Crippen molar-refractivity contribution in [1.82, 2.24) is 20.6 Å². The van der Waals surface area contributed by atoms with Crippen LogP contribution in [-0.4, -0.2) is 29.5 Å². The van der Waals surface area contributed by atoms with E-state index in [1.807, 2.05) is 6.92 Å². The molecule has 19 heavy (non-hydrogen) atoms. The van der Waals surface area contributed by atoms with Gasteiger partial charge in [0, 0.05) is 12.5 Å². The maximum absolute atomic E-state index is 13.0. The zero-order chi connectivity index (χ0) is 13.8. The predicted octanol–water partition coefficient (Wildman–Crippen LogP) is 1.17. The Kier molecular flexibility index (Phi) is 4.11. The second kappa shape index (κ2) is 5.79. The number of fused-ring (bicyclic) bond motifs is 1. The molecule has 1 aromatic heterocycles.